The van der Waals surface area contributed by atoms with Gasteiger partial charge in [0.1, 0.15) is 5.76 Å². The Labute approximate surface area is 191 Å². The first-order valence-corrected chi connectivity index (χ1v) is 12.7. The highest BCUT2D eigenvalue weighted by molar-refractivity contribution is 7.92. The Hall–Kier alpha value is -2.97. The number of thiazole rings is 1. The van der Waals surface area contributed by atoms with Crippen LogP contribution in [-0.2, 0) is 22.8 Å². The van der Waals surface area contributed by atoms with E-state index in [0.29, 0.717) is 10.9 Å². The standard InChI is InChI=1S/C24H24N2O4S2/c1-4-17-10-11-21-22(13-17)31-24(25-21)26(15-19-8-6-12-30-19)23(27)18-7-5-9-20(14-18)32(28,29)16(2)3/h5-14,16H,4,15H2,1-3H3. The lowest BCUT2D eigenvalue weighted by Gasteiger charge is -2.19. The number of rotatable bonds is 7. The van der Waals surface area contributed by atoms with Crippen LogP contribution in [0, 0.1) is 0 Å². The number of carbonyl (C=O) groups is 1. The Balaban J connectivity index is 1.77. The SMILES string of the molecule is CCc1ccc2nc(N(Cc3ccco3)C(=O)c3cccc(S(=O)(=O)C(C)C)c3)sc2c1. The molecule has 0 saturated heterocycles. The van der Waals surface area contributed by atoms with E-state index in [-0.39, 0.29) is 22.9 Å². The van der Waals surface area contributed by atoms with Crippen molar-refractivity contribution >= 4 is 42.4 Å². The summed E-state index contributed by atoms with van der Waals surface area (Å²) in [6, 6.07) is 15.8. The number of amides is 1. The fourth-order valence-corrected chi connectivity index (χ4v) is 5.44. The van der Waals surface area contributed by atoms with E-state index < -0.39 is 15.1 Å². The minimum Gasteiger partial charge on any atom is -0.467 e. The van der Waals surface area contributed by atoms with Gasteiger partial charge in [-0.1, -0.05) is 30.4 Å². The van der Waals surface area contributed by atoms with Crippen molar-refractivity contribution in [2.24, 2.45) is 0 Å². The van der Waals surface area contributed by atoms with E-state index in [1.54, 1.807) is 44.4 Å². The third-order valence-corrected chi connectivity index (χ3v) is 8.44. The number of aryl methyl sites for hydroxylation is 1. The smallest absolute Gasteiger partial charge is 0.260 e. The van der Waals surface area contributed by atoms with Crippen LogP contribution in [0.2, 0.25) is 0 Å². The van der Waals surface area contributed by atoms with Crippen LogP contribution in [0.5, 0.6) is 0 Å². The van der Waals surface area contributed by atoms with E-state index >= 15 is 0 Å². The van der Waals surface area contributed by atoms with Crippen LogP contribution < -0.4 is 4.90 Å². The Bertz CT molecular complexity index is 1360. The van der Waals surface area contributed by atoms with E-state index in [1.807, 2.05) is 12.1 Å². The van der Waals surface area contributed by atoms with Gasteiger partial charge >= 0.3 is 0 Å². The second kappa shape index (κ2) is 8.88. The number of hydrogen-bond donors (Lipinski definition) is 0. The summed E-state index contributed by atoms with van der Waals surface area (Å²) < 4.78 is 31.7. The highest BCUT2D eigenvalue weighted by Crippen LogP contribution is 2.32. The fraction of sp³-hybridized carbons (Fsp3) is 0.250. The number of carbonyl (C=O) groups excluding carboxylic acids is 1. The Morgan fingerprint density at radius 1 is 1.12 bits per heavy atom. The Morgan fingerprint density at radius 2 is 1.94 bits per heavy atom. The predicted molar refractivity (Wildman–Crippen MR) is 127 cm³/mol. The van der Waals surface area contributed by atoms with Gasteiger partial charge < -0.3 is 4.42 Å². The lowest BCUT2D eigenvalue weighted by atomic mass is 10.2. The van der Waals surface area contributed by atoms with Gasteiger partial charge in [0.15, 0.2) is 15.0 Å². The maximum atomic E-state index is 13.6. The molecule has 2 aromatic heterocycles. The third-order valence-electron chi connectivity index (χ3n) is 5.25. The molecule has 0 bridgehead atoms. The molecule has 0 aliphatic rings. The van der Waals surface area contributed by atoms with Gasteiger partial charge in [0.25, 0.3) is 5.91 Å². The number of hydrogen-bond acceptors (Lipinski definition) is 6. The van der Waals surface area contributed by atoms with Crippen molar-refractivity contribution in [3.63, 3.8) is 0 Å². The number of sulfone groups is 1. The van der Waals surface area contributed by atoms with Crippen LogP contribution in [0.4, 0.5) is 5.13 Å². The zero-order valence-electron chi connectivity index (χ0n) is 18.1. The first kappa shape index (κ1) is 22.2. The average Bonchev–Trinajstić information content (AvgIpc) is 3.45. The molecular weight excluding hydrogens is 444 g/mol. The zero-order valence-corrected chi connectivity index (χ0v) is 19.7. The molecule has 166 valence electrons. The van der Waals surface area contributed by atoms with Crippen LogP contribution in [0.25, 0.3) is 10.2 Å². The number of nitrogens with zero attached hydrogens (tertiary/aromatic N) is 2. The molecule has 0 fully saturated rings. The number of aromatic nitrogens is 1. The van der Waals surface area contributed by atoms with E-state index in [0.717, 1.165) is 16.6 Å². The molecule has 4 aromatic rings. The van der Waals surface area contributed by atoms with Crippen molar-refractivity contribution in [1.82, 2.24) is 4.98 Å². The summed E-state index contributed by atoms with van der Waals surface area (Å²) in [4.78, 5) is 19.9. The van der Waals surface area contributed by atoms with Crippen molar-refractivity contribution < 1.29 is 17.6 Å². The molecule has 0 aliphatic heterocycles. The molecule has 0 N–H and O–H groups in total. The van der Waals surface area contributed by atoms with Crippen LogP contribution in [0.3, 0.4) is 0 Å². The number of benzene rings is 2. The highest BCUT2D eigenvalue weighted by Gasteiger charge is 2.25. The van der Waals surface area contributed by atoms with Gasteiger partial charge in [0.05, 0.1) is 33.2 Å². The van der Waals surface area contributed by atoms with Gasteiger partial charge in [0.2, 0.25) is 0 Å². The predicted octanol–water partition coefficient (Wildman–Crippen LogP) is 5.48. The summed E-state index contributed by atoms with van der Waals surface area (Å²) in [7, 11) is -3.50. The first-order chi connectivity index (χ1) is 15.3. The summed E-state index contributed by atoms with van der Waals surface area (Å²) in [5, 5.41) is -0.0455. The van der Waals surface area contributed by atoms with Crippen molar-refractivity contribution in [2.45, 2.75) is 43.9 Å². The second-order valence-corrected chi connectivity index (χ2v) is 11.3. The molecule has 4 rings (SSSR count). The molecular formula is C24H24N2O4S2. The lowest BCUT2D eigenvalue weighted by Crippen LogP contribution is -2.30. The number of fused-ring (bicyclic) bond motifs is 1. The third kappa shape index (κ3) is 4.33. The van der Waals surface area contributed by atoms with Gasteiger partial charge in [-0.25, -0.2) is 13.4 Å². The van der Waals surface area contributed by atoms with Crippen molar-refractivity contribution in [3.8, 4) is 0 Å². The molecule has 0 atom stereocenters. The summed E-state index contributed by atoms with van der Waals surface area (Å²) in [5.41, 5.74) is 2.30. The van der Waals surface area contributed by atoms with E-state index in [9.17, 15) is 13.2 Å². The highest BCUT2D eigenvalue weighted by atomic mass is 32.2. The molecule has 8 heteroatoms. The molecule has 1 amide bonds. The molecule has 0 radical (unpaired) electrons. The van der Waals surface area contributed by atoms with Crippen LogP contribution in [-0.4, -0.2) is 24.6 Å². The quantitative estimate of drug-likeness (QED) is 0.359. The molecule has 32 heavy (non-hydrogen) atoms. The molecule has 2 heterocycles. The van der Waals surface area contributed by atoms with Crippen molar-refractivity contribution in [2.75, 3.05) is 4.90 Å². The minimum atomic E-state index is -3.50. The lowest BCUT2D eigenvalue weighted by molar-refractivity contribution is 0.0983. The fourth-order valence-electron chi connectivity index (χ4n) is 3.31. The summed E-state index contributed by atoms with van der Waals surface area (Å²) in [6.45, 7) is 5.53. The molecule has 2 aromatic carbocycles. The Morgan fingerprint density at radius 3 is 2.62 bits per heavy atom. The van der Waals surface area contributed by atoms with Gasteiger partial charge in [-0.2, -0.15) is 0 Å². The van der Waals surface area contributed by atoms with Crippen molar-refractivity contribution in [1.29, 1.82) is 0 Å². The maximum absolute atomic E-state index is 13.6. The summed E-state index contributed by atoms with van der Waals surface area (Å²) in [6.07, 6.45) is 2.47. The molecule has 0 saturated carbocycles. The molecule has 6 nitrogen and oxygen atoms in total. The van der Waals surface area contributed by atoms with Gasteiger partial charge in [0, 0.05) is 5.56 Å². The van der Waals surface area contributed by atoms with Crippen LogP contribution in [0.1, 0.15) is 42.5 Å². The zero-order chi connectivity index (χ0) is 22.9. The normalized spacial score (nSPS) is 11.9. The van der Waals surface area contributed by atoms with Gasteiger partial charge in [-0.15, -0.1) is 0 Å². The average molecular weight is 469 g/mol. The molecule has 0 unspecified atom stereocenters. The van der Waals surface area contributed by atoms with Gasteiger partial charge in [-0.3, -0.25) is 9.69 Å². The number of anilines is 1. The van der Waals surface area contributed by atoms with E-state index in [1.165, 1.54) is 33.9 Å². The second-order valence-electron chi connectivity index (χ2n) is 7.74. The first-order valence-electron chi connectivity index (χ1n) is 10.4. The topological polar surface area (TPSA) is 80.5 Å². The number of furan rings is 1. The van der Waals surface area contributed by atoms with Crippen molar-refractivity contribution in [3.05, 3.63) is 77.7 Å². The van der Waals surface area contributed by atoms with E-state index in [4.69, 9.17) is 4.42 Å². The molecule has 0 aliphatic carbocycles. The monoisotopic (exact) mass is 468 g/mol. The van der Waals surface area contributed by atoms with Crippen LogP contribution >= 0.6 is 11.3 Å². The van der Waals surface area contributed by atoms with E-state index in [2.05, 4.69) is 18.0 Å². The summed E-state index contributed by atoms with van der Waals surface area (Å²) in [5.74, 6) is 0.273. The van der Waals surface area contributed by atoms with Crippen LogP contribution in [0.15, 0.2) is 70.2 Å². The maximum Gasteiger partial charge on any atom is 0.260 e. The largest absolute Gasteiger partial charge is 0.467 e. The minimum absolute atomic E-state index is 0.133. The molecule has 0 spiro atoms. The summed E-state index contributed by atoms with van der Waals surface area (Å²) >= 11 is 1.43. The Kier molecular flexibility index (Phi) is 6.17. The van der Waals surface area contributed by atoms with Gasteiger partial charge in [-0.05, 0) is 68.3 Å².